The molecular weight excluding hydrogens is 434 g/mol. The van der Waals surface area contributed by atoms with E-state index in [2.05, 4.69) is 15.0 Å². The number of aromatic nitrogens is 3. The summed E-state index contributed by atoms with van der Waals surface area (Å²) >= 11 is -0.231. The lowest BCUT2D eigenvalue weighted by atomic mass is 10.0. The number of hydrogen-bond donors (Lipinski definition) is 3. The Kier molecular flexibility index (Phi) is 4.69. The van der Waals surface area contributed by atoms with Crippen molar-refractivity contribution in [2.45, 2.75) is 24.9 Å². The van der Waals surface area contributed by atoms with Gasteiger partial charge in [0.2, 0.25) is 5.71 Å². The number of aromatic amines is 1. The first-order valence-electron chi connectivity index (χ1n) is 7.37. The van der Waals surface area contributed by atoms with Crippen LogP contribution >= 0.6 is 11.3 Å². The molecule has 0 aliphatic carbocycles. The van der Waals surface area contributed by atoms with Crippen LogP contribution in [0.3, 0.4) is 0 Å². The molecule has 15 heteroatoms. The molecule has 3 heterocycles. The SMILES string of the molecule is Cc1oc2nc[nH]c(=O)c2c1C(=O)Nc1ncc(C(O)(C(F)(F)F)C(F)(F)F)s1. The molecule has 0 saturated carbocycles. The summed E-state index contributed by atoms with van der Waals surface area (Å²) in [6.45, 7) is 1.30. The van der Waals surface area contributed by atoms with Crippen LogP contribution in [-0.2, 0) is 5.60 Å². The van der Waals surface area contributed by atoms with Crippen molar-refractivity contribution in [3.8, 4) is 0 Å². The number of furan rings is 1. The Hall–Kier alpha value is -2.94. The van der Waals surface area contributed by atoms with E-state index in [9.17, 15) is 41.0 Å². The minimum absolute atomic E-state index is 0.0689. The maximum absolute atomic E-state index is 12.9. The Balaban J connectivity index is 1.98. The summed E-state index contributed by atoms with van der Waals surface area (Å²) in [5.74, 6) is -1.15. The average molecular weight is 442 g/mol. The first-order chi connectivity index (χ1) is 13.3. The summed E-state index contributed by atoms with van der Waals surface area (Å²) in [5, 5.41) is 10.4. The number of alkyl halides is 6. The average Bonchev–Trinajstić information content (AvgIpc) is 3.16. The van der Waals surface area contributed by atoms with Crippen molar-refractivity contribution in [3.63, 3.8) is 0 Å². The minimum Gasteiger partial charge on any atom is -0.442 e. The van der Waals surface area contributed by atoms with Crippen molar-refractivity contribution < 1.29 is 40.7 Å². The van der Waals surface area contributed by atoms with Gasteiger partial charge in [-0.15, -0.1) is 0 Å². The number of nitrogens with zero attached hydrogens (tertiary/aromatic N) is 2. The number of nitrogens with one attached hydrogen (secondary N) is 2. The van der Waals surface area contributed by atoms with Crippen molar-refractivity contribution >= 4 is 33.5 Å². The number of carbonyl (C=O) groups is 1. The van der Waals surface area contributed by atoms with Gasteiger partial charge in [0.1, 0.15) is 11.1 Å². The van der Waals surface area contributed by atoms with Gasteiger partial charge in [0.25, 0.3) is 17.1 Å². The molecule has 0 spiro atoms. The molecule has 29 heavy (non-hydrogen) atoms. The monoisotopic (exact) mass is 442 g/mol. The van der Waals surface area contributed by atoms with Crippen LogP contribution in [0.1, 0.15) is 21.0 Å². The molecule has 0 atom stereocenters. The summed E-state index contributed by atoms with van der Waals surface area (Å²) < 4.78 is 82.6. The van der Waals surface area contributed by atoms with Crippen LogP contribution < -0.4 is 10.9 Å². The maximum Gasteiger partial charge on any atom is 0.431 e. The standard InChI is InChI=1S/C14H8F6N4O4S/c1-4-6(7-8(25)22-3-23-10(7)28-4)9(26)24-11-21-2-5(29-11)12(27,13(15,16)17)14(18,19)20/h2-3,27H,1H3,(H,21,24,26)(H,22,23,25). The first kappa shape index (κ1) is 20.8. The Morgan fingerprint density at radius 1 is 1.21 bits per heavy atom. The lowest BCUT2D eigenvalue weighted by molar-refractivity contribution is -0.375. The van der Waals surface area contributed by atoms with E-state index in [1.807, 2.05) is 5.32 Å². The quantitative estimate of drug-likeness (QED) is 0.537. The van der Waals surface area contributed by atoms with E-state index in [1.54, 1.807) is 0 Å². The number of anilines is 1. The summed E-state index contributed by atoms with van der Waals surface area (Å²) in [6.07, 6.45) is -11.0. The largest absolute Gasteiger partial charge is 0.442 e. The van der Waals surface area contributed by atoms with E-state index in [4.69, 9.17) is 4.42 Å². The number of aliphatic hydroxyl groups is 1. The van der Waals surface area contributed by atoms with Crippen LogP contribution in [0.4, 0.5) is 31.5 Å². The Morgan fingerprint density at radius 2 is 1.83 bits per heavy atom. The van der Waals surface area contributed by atoms with Gasteiger partial charge in [-0.05, 0) is 6.92 Å². The highest BCUT2D eigenvalue weighted by molar-refractivity contribution is 7.15. The number of amides is 1. The Labute approximate surface area is 159 Å². The van der Waals surface area contributed by atoms with Gasteiger partial charge in [0.15, 0.2) is 5.13 Å². The molecule has 0 aromatic carbocycles. The number of rotatable bonds is 3. The number of aryl methyl sites for hydroxylation is 1. The third kappa shape index (κ3) is 3.25. The fourth-order valence-electron chi connectivity index (χ4n) is 2.43. The zero-order valence-corrected chi connectivity index (χ0v) is 14.7. The van der Waals surface area contributed by atoms with E-state index in [1.165, 1.54) is 6.92 Å². The second-order valence-corrected chi connectivity index (χ2v) is 6.67. The predicted octanol–water partition coefficient (Wildman–Crippen LogP) is 2.85. The van der Waals surface area contributed by atoms with Gasteiger partial charge in [-0.25, -0.2) is 9.97 Å². The van der Waals surface area contributed by atoms with E-state index >= 15 is 0 Å². The molecular formula is C14H8F6N4O4S. The molecule has 0 fully saturated rings. The lowest BCUT2D eigenvalue weighted by Gasteiger charge is -2.30. The van der Waals surface area contributed by atoms with E-state index in [0.29, 0.717) is 0 Å². The molecule has 0 aliphatic heterocycles. The van der Waals surface area contributed by atoms with Gasteiger partial charge in [-0.1, -0.05) is 11.3 Å². The zero-order valence-electron chi connectivity index (χ0n) is 13.9. The van der Waals surface area contributed by atoms with Crippen LogP contribution in [0, 0.1) is 6.92 Å². The van der Waals surface area contributed by atoms with Crippen molar-refractivity contribution in [3.05, 3.63) is 39.1 Å². The third-order valence-electron chi connectivity index (χ3n) is 3.80. The molecule has 156 valence electrons. The summed E-state index contributed by atoms with van der Waals surface area (Å²) in [6, 6.07) is 0. The van der Waals surface area contributed by atoms with Crippen LogP contribution in [-0.4, -0.2) is 38.3 Å². The van der Waals surface area contributed by atoms with Gasteiger partial charge in [-0.2, -0.15) is 26.3 Å². The van der Waals surface area contributed by atoms with Gasteiger partial charge >= 0.3 is 12.4 Å². The van der Waals surface area contributed by atoms with Gasteiger partial charge in [0, 0.05) is 6.20 Å². The molecule has 3 aromatic heterocycles. The molecule has 3 N–H and O–H groups in total. The van der Waals surface area contributed by atoms with E-state index in [-0.39, 0.29) is 40.0 Å². The number of hydrogen-bond acceptors (Lipinski definition) is 7. The Bertz CT molecular complexity index is 1130. The van der Waals surface area contributed by atoms with Gasteiger partial charge in [-0.3, -0.25) is 14.9 Å². The smallest absolute Gasteiger partial charge is 0.431 e. The van der Waals surface area contributed by atoms with Crippen molar-refractivity contribution in [1.82, 2.24) is 15.0 Å². The summed E-state index contributed by atoms with van der Waals surface area (Å²) in [4.78, 5) is 31.9. The number of H-pyrrole nitrogens is 1. The van der Waals surface area contributed by atoms with E-state index < -0.39 is 39.4 Å². The molecule has 3 rings (SSSR count). The third-order valence-corrected chi connectivity index (χ3v) is 4.82. The van der Waals surface area contributed by atoms with Gasteiger partial charge < -0.3 is 14.5 Å². The fourth-order valence-corrected chi connectivity index (χ4v) is 3.37. The highest BCUT2D eigenvalue weighted by atomic mass is 32.1. The van der Waals surface area contributed by atoms with Crippen molar-refractivity contribution in [2.75, 3.05) is 5.32 Å². The maximum atomic E-state index is 12.9. The molecule has 0 radical (unpaired) electrons. The molecule has 0 bridgehead atoms. The normalized spacial score (nSPS) is 13.1. The molecule has 8 nitrogen and oxygen atoms in total. The number of carbonyl (C=O) groups excluding carboxylic acids is 1. The van der Waals surface area contributed by atoms with Gasteiger partial charge in [0.05, 0.1) is 16.8 Å². The minimum atomic E-state index is -6.09. The van der Waals surface area contributed by atoms with E-state index in [0.717, 1.165) is 6.33 Å². The van der Waals surface area contributed by atoms with Crippen LogP contribution in [0.2, 0.25) is 0 Å². The van der Waals surface area contributed by atoms with Crippen LogP contribution in [0.25, 0.3) is 11.1 Å². The lowest BCUT2D eigenvalue weighted by Crippen LogP contribution is -2.53. The molecule has 1 amide bonds. The van der Waals surface area contributed by atoms with Crippen LogP contribution in [0.5, 0.6) is 0 Å². The molecule has 3 aromatic rings. The second-order valence-electron chi connectivity index (χ2n) is 5.63. The summed E-state index contributed by atoms with van der Waals surface area (Å²) in [5.41, 5.74) is -6.44. The topological polar surface area (TPSA) is 121 Å². The number of halogens is 6. The van der Waals surface area contributed by atoms with Crippen LogP contribution in [0.15, 0.2) is 21.7 Å². The highest BCUT2D eigenvalue weighted by Crippen LogP contribution is 2.51. The van der Waals surface area contributed by atoms with Crippen molar-refractivity contribution in [1.29, 1.82) is 0 Å². The van der Waals surface area contributed by atoms with Crippen molar-refractivity contribution in [2.24, 2.45) is 0 Å². The summed E-state index contributed by atoms with van der Waals surface area (Å²) in [7, 11) is 0. The molecule has 0 aliphatic rings. The molecule has 0 unspecified atom stereocenters. The number of fused-ring (bicyclic) bond motifs is 1. The first-order valence-corrected chi connectivity index (χ1v) is 8.19. The number of thiazole rings is 1. The predicted molar refractivity (Wildman–Crippen MR) is 85.4 cm³/mol. The Morgan fingerprint density at radius 3 is 2.41 bits per heavy atom. The fraction of sp³-hybridized carbons (Fsp3) is 0.286. The zero-order chi connectivity index (χ0) is 21.8. The highest BCUT2D eigenvalue weighted by Gasteiger charge is 2.72. The second kappa shape index (κ2) is 6.55. The molecule has 0 saturated heterocycles.